The predicted octanol–water partition coefficient (Wildman–Crippen LogP) is 2.84. The van der Waals surface area contributed by atoms with E-state index in [0.29, 0.717) is 35.1 Å². The molecular weight excluding hydrogens is 378 g/mol. The SMILES string of the molecule is COc1cccc(NC(=O)COC(=O)CCc2cc(OC)c(OC)c(OC)c2)c1. The molecule has 0 saturated carbocycles. The fraction of sp³-hybridized carbons (Fsp3) is 0.333. The van der Waals surface area contributed by atoms with Crippen molar-refractivity contribution in [3.05, 3.63) is 42.0 Å². The smallest absolute Gasteiger partial charge is 0.306 e. The molecule has 156 valence electrons. The molecule has 0 aromatic heterocycles. The standard InChI is InChI=1S/C21H25NO7/c1-25-16-7-5-6-15(12-16)22-19(23)13-29-20(24)9-8-14-10-17(26-2)21(28-4)18(11-14)27-3/h5-7,10-12H,8-9,13H2,1-4H3,(H,22,23). The number of hydrogen-bond acceptors (Lipinski definition) is 7. The Morgan fingerprint density at radius 1 is 0.897 bits per heavy atom. The summed E-state index contributed by atoms with van der Waals surface area (Å²) < 4.78 is 26.0. The molecule has 8 nitrogen and oxygen atoms in total. The number of esters is 1. The van der Waals surface area contributed by atoms with Gasteiger partial charge in [-0.25, -0.2) is 0 Å². The molecule has 0 aliphatic heterocycles. The van der Waals surface area contributed by atoms with Crippen LogP contribution in [0.15, 0.2) is 36.4 Å². The molecule has 0 atom stereocenters. The number of rotatable bonds is 10. The van der Waals surface area contributed by atoms with Crippen molar-refractivity contribution in [1.82, 2.24) is 0 Å². The summed E-state index contributed by atoms with van der Waals surface area (Å²) in [6, 6.07) is 10.4. The van der Waals surface area contributed by atoms with Gasteiger partial charge in [0.25, 0.3) is 5.91 Å². The molecule has 0 saturated heterocycles. The molecule has 1 amide bonds. The van der Waals surface area contributed by atoms with Gasteiger partial charge in [-0.15, -0.1) is 0 Å². The van der Waals surface area contributed by atoms with Crippen LogP contribution in [-0.2, 0) is 20.7 Å². The predicted molar refractivity (Wildman–Crippen MR) is 107 cm³/mol. The third-order valence-electron chi connectivity index (χ3n) is 4.06. The first-order valence-corrected chi connectivity index (χ1v) is 8.89. The lowest BCUT2D eigenvalue weighted by molar-refractivity contribution is -0.147. The van der Waals surface area contributed by atoms with Crippen molar-refractivity contribution in [3.63, 3.8) is 0 Å². The molecule has 0 fully saturated rings. The van der Waals surface area contributed by atoms with Crippen LogP contribution in [0.25, 0.3) is 0 Å². The Labute approximate surface area is 169 Å². The zero-order valence-electron chi connectivity index (χ0n) is 16.9. The second-order valence-corrected chi connectivity index (χ2v) is 5.97. The number of ether oxygens (including phenoxy) is 5. The normalized spacial score (nSPS) is 10.1. The molecule has 0 aliphatic rings. The van der Waals surface area contributed by atoms with Crippen molar-refractivity contribution < 1.29 is 33.3 Å². The van der Waals surface area contributed by atoms with Crippen molar-refractivity contribution in [3.8, 4) is 23.0 Å². The molecule has 0 aliphatic carbocycles. The second kappa shape index (κ2) is 10.8. The van der Waals surface area contributed by atoms with E-state index in [1.807, 2.05) is 0 Å². The minimum absolute atomic E-state index is 0.102. The van der Waals surface area contributed by atoms with Gasteiger partial charge in [0, 0.05) is 18.2 Å². The Kier molecular flexibility index (Phi) is 8.14. The van der Waals surface area contributed by atoms with Crippen LogP contribution in [0.2, 0.25) is 0 Å². The Morgan fingerprint density at radius 3 is 2.17 bits per heavy atom. The van der Waals surface area contributed by atoms with Crippen molar-refractivity contribution >= 4 is 17.6 Å². The van der Waals surface area contributed by atoms with Crippen molar-refractivity contribution in [2.75, 3.05) is 40.4 Å². The number of amides is 1. The van der Waals surface area contributed by atoms with Gasteiger partial charge in [0.1, 0.15) is 5.75 Å². The lowest BCUT2D eigenvalue weighted by atomic mass is 10.1. The molecule has 2 rings (SSSR count). The van der Waals surface area contributed by atoms with Crippen LogP contribution in [0.5, 0.6) is 23.0 Å². The fourth-order valence-electron chi connectivity index (χ4n) is 2.64. The number of nitrogens with one attached hydrogen (secondary N) is 1. The molecule has 8 heteroatoms. The summed E-state index contributed by atoms with van der Waals surface area (Å²) in [6.45, 7) is -0.370. The highest BCUT2D eigenvalue weighted by molar-refractivity contribution is 5.92. The van der Waals surface area contributed by atoms with Gasteiger partial charge in [-0.3, -0.25) is 9.59 Å². The van der Waals surface area contributed by atoms with Gasteiger partial charge in [0.2, 0.25) is 5.75 Å². The van der Waals surface area contributed by atoms with Crippen LogP contribution in [0.1, 0.15) is 12.0 Å². The highest BCUT2D eigenvalue weighted by atomic mass is 16.5. The van der Waals surface area contributed by atoms with Gasteiger partial charge < -0.3 is 29.0 Å². The van der Waals surface area contributed by atoms with Crippen LogP contribution in [0.4, 0.5) is 5.69 Å². The van der Waals surface area contributed by atoms with E-state index in [9.17, 15) is 9.59 Å². The molecule has 0 bridgehead atoms. The average molecular weight is 403 g/mol. The van der Waals surface area contributed by atoms with Gasteiger partial charge in [-0.1, -0.05) is 6.07 Å². The van der Waals surface area contributed by atoms with E-state index in [0.717, 1.165) is 5.56 Å². The van der Waals surface area contributed by atoms with Crippen LogP contribution < -0.4 is 24.3 Å². The third kappa shape index (κ3) is 6.31. The lowest BCUT2D eigenvalue weighted by Crippen LogP contribution is -2.21. The van der Waals surface area contributed by atoms with Crippen molar-refractivity contribution in [1.29, 1.82) is 0 Å². The van der Waals surface area contributed by atoms with Gasteiger partial charge in [0.05, 0.1) is 28.4 Å². The van der Waals surface area contributed by atoms with E-state index in [-0.39, 0.29) is 13.0 Å². The Hall–Kier alpha value is -3.42. The minimum atomic E-state index is -0.487. The van der Waals surface area contributed by atoms with E-state index < -0.39 is 11.9 Å². The van der Waals surface area contributed by atoms with E-state index in [1.54, 1.807) is 36.4 Å². The first kappa shape index (κ1) is 21.9. The van der Waals surface area contributed by atoms with Gasteiger partial charge in [-0.2, -0.15) is 0 Å². The number of carbonyl (C=O) groups excluding carboxylic acids is 2. The average Bonchev–Trinajstić information content (AvgIpc) is 2.75. The molecule has 0 radical (unpaired) electrons. The monoisotopic (exact) mass is 403 g/mol. The summed E-state index contributed by atoms with van der Waals surface area (Å²) >= 11 is 0. The molecule has 2 aromatic rings. The molecule has 0 heterocycles. The molecule has 1 N–H and O–H groups in total. The maximum absolute atomic E-state index is 12.0. The van der Waals surface area contributed by atoms with Crippen LogP contribution in [0.3, 0.4) is 0 Å². The van der Waals surface area contributed by atoms with Crippen molar-refractivity contribution in [2.24, 2.45) is 0 Å². The highest BCUT2D eigenvalue weighted by Crippen LogP contribution is 2.38. The minimum Gasteiger partial charge on any atom is -0.497 e. The van der Waals surface area contributed by atoms with Gasteiger partial charge >= 0.3 is 5.97 Å². The largest absolute Gasteiger partial charge is 0.497 e. The Bertz CT molecular complexity index is 826. The Morgan fingerprint density at radius 2 is 1.59 bits per heavy atom. The summed E-state index contributed by atoms with van der Waals surface area (Å²) in [5.74, 6) is 1.19. The molecule has 0 unspecified atom stereocenters. The topological polar surface area (TPSA) is 92.3 Å². The summed E-state index contributed by atoms with van der Waals surface area (Å²) in [7, 11) is 6.11. The summed E-state index contributed by atoms with van der Waals surface area (Å²) in [4.78, 5) is 23.9. The lowest BCUT2D eigenvalue weighted by Gasteiger charge is -2.14. The quantitative estimate of drug-likeness (QED) is 0.610. The van der Waals surface area contributed by atoms with Crippen molar-refractivity contribution in [2.45, 2.75) is 12.8 Å². The Balaban J connectivity index is 1.86. The van der Waals surface area contributed by atoms with E-state index in [1.165, 1.54) is 28.4 Å². The first-order chi connectivity index (χ1) is 14.0. The molecular formula is C21H25NO7. The summed E-state index contributed by atoms with van der Waals surface area (Å²) in [5.41, 5.74) is 1.38. The second-order valence-electron chi connectivity index (χ2n) is 5.97. The zero-order valence-corrected chi connectivity index (χ0v) is 16.9. The zero-order chi connectivity index (χ0) is 21.2. The first-order valence-electron chi connectivity index (χ1n) is 8.89. The number of anilines is 1. The third-order valence-corrected chi connectivity index (χ3v) is 4.06. The van der Waals surface area contributed by atoms with E-state index in [2.05, 4.69) is 5.32 Å². The molecule has 0 spiro atoms. The number of hydrogen-bond donors (Lipinski definition) is 1. The maximum Gasteiger partial charge on any atom is 0.306 e. The van der Waals surface area contributed by atoms with E-state index in [4.69, 9.17) is 23.7 Å². The number of methoxy groups -OCH3 is 4. The van der Waals surface area contributed by atoms with Crippen LogP contribution in [-0.4, -0.2) is 46.9 Å². The van der Waals surface area contributed by atoms with Crippen LogP contribution >= 0.6 is 0 Å². The summed E-state index contributed by atoms with van der Waals surface area (Å²) in [6.07, 6.45) is 0.498. The number of benzene rings is 2. The van der Waals surface area contributed by atoms with Crippen LogP contribution in [0, 0.1) is 0 Å². The van der Waals surface area contributed by atoms with Gasteiger partial charge in [0.15, 0.2) is 18.1 Å². The van der Waals surface area contributed by atoms with E-state index >= 15 is 0 Å². The summed E-state index contributed by atoms with van der Waals surface area (Å²) in [5, 5.41) is 2.65. The highest BCUT2D eigenvalue weighted by Gasteiger charge is 2.15. The molecule has 29 heavy (non-hydrogen) atoms. The van der Waals surface area contributed by atoms with Gasteiger partial charge in [-0.05, 0) is 36.2 Å². The fourth-order valence-corrected chi connectivity index (χ4v) is 2.64. The number of carbonyl (C=O) groups is 2. The maximum atomic E-state index is 12.0. The molecule has 2 aromatic carbocycles. The number of aryl methyl sites for hydroxylation is 1.